The SMILES string of the molecule is O=C(c1ccc(Cl)cc1)C1(CO)CCc2ccccc21. The first-order chi connectivity index (χ1) is 9.67. The number of halogens is 1. The van der Waals surface area contributed by atoms with E-state index in [9.17, 15) is 9.90 Å². The second-order valence-corrected chi connectivity index (χ2v) is 5.67. The van der Waals surface area contributed by atoms with E-state index in [4.69, 9.17) is 11.6 Å². The molecule has 2 nitrogen and oxygen atoms in total. The van der Waals surface area contributed by atoms with Crippen molar-refractivity contribution in [3.8, 4) is 0 Å². The predicted octanol–water partition coefficient (Wildman–Crippen LogP) is 3.40. The predicted molar refractivity (Wildman–Crippen MR) is 79.3 cm³/mol. The summed E-state index contributed by atoms with van der Waals surface area (Å²) in [5.41, 5.74) is 1.91. The molecule has 3 heteroatoms. The number of hydrogen-bond donors (Lipinski definition) is 1. The van der Waals surface area contributed by atoms with Crippen LogP contribution in [0.25, 0.3) is 0 Å². The van der Waals surface area contributed by atoms with Gasteiger partial charge in [-0.1, -0.05) is 35.9 Å². The summed E-state index contributed by atoms with van der Waals surface area (Å²) < 4.78 is 0. The van der Waals surface area contributed by atoms with Gasteiger partial charge in [0.1, 0.15) is 0 Å². The van der Waals surface area contributed by atoms with Gasteiger partial charge in [0.05, 0.1) is 12.0 Å². The zero-order chi connectivity index (χ0) is 14.2. The van der Waals surface area contributed by atoms with Gasteiger partial charge in [-0.3, -0.25) is 4.79 Å². The van der Waals surface area contributed by atoms with E-state index in [1.165, 1.54) is 0 Å². The third-order valence-corrected chi connectivity index (χ3v) is 4.42. The molecule has 20 heavy (non-hydrogen) atoms. The lowest BCUT2D eigenvalue weighted by atomic mass is 9.76. The average Bonchev–Trinajstić information content (AvgIpc) is 2.87. The normalized spacial score (nSPS) is 20.7. The molecule has 0 aromatic heterocycles. The van der Waals surface area contributed by atoms with Gasteiger partial charge in [-0.25, -0.2) is 0 Å². The first-order valence-electron chi connectivity index (χ1n) is 6.67. The van der Waals surface area contributed by atoms with Gasteiger partial charge in [0.25, 0.3) is 0 Å². The Kier molecular flexibility index (Phi) is 3.36. The van der Waals surface area contributed by atoms with Gasteiger partial charge in [0, 0.05) is 10.6 Å². The van der Waals surface area contributed by atoms with E-state index in [-0.39, 0.29) is 12.4 Å². The summed E-state index contributed by atoms with van der Waals surface area (Å²) >= 11 is 5.86. The van der Waals surface area contributed by atoms with Crippen LogP contribution in [0.4, 0.5) is 0 Å². The minimum Gasteiger partial charge on any atom is -0.395 e. The van der Waals surface area contributed by atoms with Crippen LogP contribution in [0.15, 0.2) is 48.5 Å². The standard InChI is InChI=1S/C17H15ClO2/c18-14-7-5-13(6-8-14)16(20)17(11-19)10-9-12-3-1-2-4-15(12)17/h1-8,19H,9-11H2. The van der Waals surface area contributed by atoms with Crippen LogP contribution in [-0.4, -0.2) is 17.5 Å². The number of rotatable bonds is 3. The highest BCUT2D eigenvalue weighted by Gasteiger charge is 2.44. The molecule has 1 aliphatic carbocycles. The van der Waals surface area contributed by atoms with Crippen LogP contribution in [0.2, 0.25) is 5.02 Å². The second kappa shape index (κ2) is 5.04. The Labute approximate surface area is 123 Å². The number of carbonyl (C=O) groups is 1. The highest BCUT2D eigenvalue weighted by atomic mass is 35.5. The van der Waals surface area contributed by atoms with Crippen LogP contribution in [0.3, 0.4) is 0 Å². The number of carbonyl (C=O) groups excluding carboxylic acids is 1. The number of fused-ring (bicyclic) bond motifs is 1. The van der Waals surface area contributed by atoms with Crippen molar-refractivity contribution in [2.24, 2.45) is 0 Å². The Bertz CT molecular complexity index is 648. The first-order valence-corrected chi connectivity index (χ1v) is 7.05. The number of ketones is 1. The fourth-order valence-corrected chi connectivity index (χ4v) is 3.16. The second-order valence-electron chi connectivity index (χ2n) is 5.23. The van der Waals surface area contributed by atoms with Crippen molar-refractivity contribution in [1.82, 2.24) is 0 Å². The van der Waals surface area contributed by atoms with Gasteiger partial charge >= 0.3 is 0 Å². The number of benzene rings is 2. The number of aryl methyl sites for hydroxylation is 1. The molecule has 2 aromatic rings. The molecule has 0 aliphatic heterocycles. The van der Waals surface area contributed by atoms with Crippen LogP contribution in [0.1, 0.15) is 27.9 Å². The third-order valence-electron chi connectivity index (χ3n) is 4.17. The Balaban J connectivity index is 2.07. The Morgan fingerprint density at radius 2 is 1.85 bits per heavy atom. The zero-order valence-corrected chi connectivity index (χ0v) is 11.7. The summed E-state index contributed by atoms with van der Waals surface area (Å²) in [5, 5.41) is 10.5. The van der Waals surface area contributed by atoms with Crippen LogP contribution in [-0.2, 0) is 11.8 Å². The van der Waals surface area contributed by atoms with E-state index in [1.807, 2.05) is 24.3 Å². The van der Waals surface area contributed by atoms with Gasteiger partial charge in [-0.2, -0.15) is 0 Å². The highest BCUT2D eigenvalue weighted by molar-refractivity contribution is 6.30. The highest BCUT2D eigenvalue weighted by Crippen LogP contribution is 2.41. The largest absolute Gasteiger partial charge is 0.395 e. The summed E-state index contributed by atoms with van der Waals surface area (Å²) in [5.74, 6) is -0.0263. The van der Waals surface area contributed by atoms with E-state index >= 15 is 0 Å². The van der Waals surface area contributed by atoms with Gasteiger partial charge < -0.3 is 5.11 Å². The summed E-state index contributed by atoms with van der Waals surface area (Å²) in [4.78, 5) is 12.9. The topological polar surface area (TPSA) is 37.3 Å². The molecule has 1 atom stereocenters. The van der Waals surface area contributed by atoms with Crippen LogP contribution < -0.4 is 0 Å². The van der Waals surface area contributed by atoms with E-state index in [1.54, 1.807) is 24.3 Å². The summed E-state index contributed by atoms with van der Waals surface area (Å²) in [6, 6.07) is 14.7. The van der Waals surface area contributed by atoms with E-state index < -0.39 is 5.41 Å². The average molecular weight is 287 g/mol. The van der Waals surface area contributed by atoms with Gasteiger partial charge in [-0.15, -0.1) is 0 Å². The molecule has 1 N–H and O–H groups in total. The third kappa shape index (κ3) is 1.96. The van der Waals surface area contributed by atoms with Crippen molar-refractivity contribution in [3.05, 3.63) is 70.2 Å². The van der Waals surface area contributed by atoms with Crippen molar-refractivity contribution < 1.29 is 9.90 Å². The van der Waals surface area contributed by atoms with Gasteiger partial charge in [0.2, 0.25) is 0 Å². The van der Waals surface area contributed by atoms with E-state index in [0.29, 0.717) is 17.0 Å². The Morgan fingerprint density at radius 3 is 2.55 bits per heavy atom. The number of aliphatic hydroxyl groups excluding tert-OH is 1. The van der Waals surface area contributed by atoms with Crippen molar-refractivity contribution >= 4 is 17.4 Å². The van der Waals surface area contributed by atoms with Crippen molar-refractivity contribution in [1.29, 1.82) is 0 Å². The van der Waals surface area contributed by atoms with Crippen molar-refractivity contribution in [2.45, 2.75) is 18.3 Å². The maximum atomic E-state index is 12.9. The number of hydrogen-bond acceptors (Lipinski definition) is 2. The molecule has 0 amide bonds. The first kappa shape index (κ1) is 13.3. The molecular weight excluding hydrogens is 272 g/mol. The fourth-order valence-electron chi connectivity index (χ4n) is 3.04. The van der Waals surface area contributed by atoms with E-state index in [0.717, 1.165) is 17.5 Å². The Hall–Kier alpha value is -1.64. The van der Waals surface area contributed by atoms with Gasteiger partial charge in [-0.05, 0) is 48.2 Å². The van der Waals surface area contributed by atoms with Crippen LogP contribution in [0, 0.1) is 0 Å². The fraction of sp³-hybridized carbons (Fsp3) is 0.235. The maximum absolute atomic E-state index is 12.9. The molecule has 0 spiro atoms. The lowest BCUT2D eigenvalue weighted by Crippen LogP contribution is -2.37. The van der Waals surface area contributed by atoms with Crippen molar-refractivity contribution in [3.63, 3.8) is 0 Å². The summed E-state index contributed by atoms with van der Waals surface area (Å²) in [7, 11) is 0. The lowest BCUT2D eigenvalue weighted by Gasteiger charge is -2.26. The van der Waals surface area contributed by atoms with Crippen LogP contribution in [0.5, 0.6) is 0 Å². The Morgan fingerprint density at radius 1 is 1.15 bits per heavy atom. The molecular formula is C17H15ClO2. The number of Topliss-reactive ketones (excluding diaryl/α,β-unsaturated/α-hetero) is 1. The molecule has 0 saturated carbocycles. The molecule has 0 bridgehead atoms. The van der Waals surface area contributed by atoms with Gasteiger partial charge in [0.15, 0.2) is 5.78 Å². The number of aliphatic hydroxyl groups is 1. The zero-order valence-electron chi connectivity index (χ0n) is 11.0. The molecule has 0 heterocycles. The minimum absolute atomic E-state index is 0.0263. The van der Waals surface area contributed by atoms with Crippen LogP contribution >= 0.6 is 11.6 Å². The molecule has 102 valence electrons. The molecule has 0 radical (unpaired) electrons. The minimum atomic E-state index is -0.801. The summed E-state index contributed by atoms with van der Waals surface area (Å²) in [6.45, 7) is -0.161. The molecule has 1 aliphatic rings. The molecule has 1 unspecified atom stereocenters. The molecule has 0 fully saturated rings. The summed E-state index contributed by atoms with van der Waals surface area (Å²) in [6.07, 6.45) is 1.49. The van der Waals surface area contributed by atoms with Crippen molar-refractivity contribution in [2.75, 3.05) is 6.61 Å². The molecule has 3 rings (SSSR count). The lowest BCUT2D eigenvalue weighted by molar-refractivity contribution is 0.0800. The smallest absolute Gasteiger partial charge is 0.175 e. The maximum Gasteiger partial charge on any atom is 0.175 e. The molecule has 0 saturated heterocycles. The molecule has 2 aromatic carbocycles. The quantitative estimate of drug-likeness (QED) is 0.878. The van der Waals surface area contributed by atoms with E-state index in [2.05, 4.69) is 0 Å². The monoisotopic (exact) mass is 286 g/mol.